The van der Waals surface area contributed by atoms with Gasteiger partial charge in [0.1, 0.15) is 5.82 Å². The summed E-state index contributed by atoms with van der Waals surface area (Å²) < 4.78 is 15.9. The van der Waals surface area contributed by atoms with E-state index < -0.39 is 6.04 Å². The Kier molecular flexibility index (Phi) is 4.29. The van der Waals surface area contributed by atoms with Gasteiger partial charge in [0.15, 0.2) is 0 Å². The van der Waals surface area contributed by atoms with E-state index in [2.05, 4.69) is 17.4 Å². The van der Waals surface area contributed by atoms with Crippen LogP contribution in [0.1, 0.15) is 36.2 Å². The zero-order valence-electron chi connectivity index (χ0n) is 11.2. The Balaban J connectivity index is 2.41. The summed E-state index contributed by atoms with van der Waals surface area (Å²) in [6.45, 7) is 4.72. The SMILES string of the molecule is CCCn1nccc1C(NN)c1ccc(C)cc1F. The summed E-state index contributed by atoms with van der Waals surface area (Å²) in [7, 11) is 0. The van der Waals surface area contributed by atoms with Crippen LogP contribution in [0.4, 0.5) is 4.39 Å². The van der Waals surface area contributed by atoms with Gasteiger partial charge in [-0.2, -0.15) is 5.10 Å². The van der Waals surface area contributed by atoms with Crippen LogP contribution in [0, 0.1) is 12.7 Å². The molecule has 0 fully saturated rings. The Labute approximate surface area is 112 Å². The molecule has 2 aromatic rings. The summed E-state index contributed by atoms with van der Waals surface area (Å²) in [6.07, 6.45) is 2.67. The first-order valence-electron chi connectivity index (χ1n) is 6.41. The molecule has 4 nitrogen and oxygen atoms in total. The number of hydrazine groups is 1. The minimum atomic E-state index is -0.394. The van der Waals surface area contributed by atoms with Crippen molar-refractivity contribution in [2.24, 2.45) is 5.84 Å². The van der Waals surface area contributed by atoms with Crippen molar-refractivity contribution >= 4 is 0 Å². The second kappa shape index (κ2) is 5.95. The van der Waals surface area contributed by atoms with E-state index in [4.69, 9.17) is 5.84 Å². The van der Waals surface area contributed by atoms with Gasteiger partial charge in [-0.15, -0.1) is 0 Å². The third-order valence-corrected chi connectivity index (χ3v) is 3.11. The number of hydrogen-bond acceptors (Lipinski definition) is 3. The summed E-state index contributed by atoms with van der Waals surface area (Å²) in [4.78, 5) is 0. The van der Waals surface area contributed by atoms with Crippen molar-refractivity contribution in [2.45, 2.75) is 32.9 Å². The highest BCUT2D eigenvalue weighted by atomic mass is 19.1. The largest absolute Gasteiger partial charge is 0.271 e. The normalized spacial score (nSPS) is 12.6. The lowest BCUT2D eigenvalue weighted by atomic mass is 10.0. The fourth-order valence-electron chi connectivity index (χ4n) is 2.19. The van der Waals surface area contributed by atoms with E-state index in [1.54, 1.807) is 12.3 Å². The Bertz CT molecular complexity index is 550. The molecule has 0 bridgehead atoms. The molecule has 1 aromatic heterocycles. The molecular weight excluding hydrogens is 243 g/mol. The van der Waals surface area contributed by atoms with Crippen LogP contribution in [0.25, 0.3) is 0 Å². The first kappa shape index (κ1) is 13.7. The van der Waals surface area contributed by atoms with E-state index in [-0.39, 0.29) is 5.82 Å². The van der Waals surface area contributed by atoms with Crippen LogP contribution in [-0.2, 0) is 6.54 Å². The maximum absolute atomic E-state index is 14.1. The number of nitrogens with two attached hydrogens (primary N) is 1. The van der Waals surface area contributed by atoms with Gasteiger partial charge >= 0.3 is 0 Å². The Morgan fingerprint density at radius 2 is 2.21 bits per heavy atom. The van der Waals surface area contributed by atoms with Crippen LogP contribution < -0.4 is 11.3 Å². The molecule has 0 aliphatic rings. The molecule has 0 amide bonds. The molecule has 1 atom stereocenters. The smallest absolute Gasteiger partial charge is 0.128 e. The molecule has 0 saturated heterocycles. The minimum absolute atomic E-state index is 0.257. The lowest BCUT2D eigenvalue weighted by Crippen LogP contribution is -2.31. The van der Waals surface area contributed by atoms with Gasteiger partial charge in [0.2, 0.25) is 0 Å². The summed E-state index contributed by atoms with van der Waals surface area (Å²) in [5.74, 6) is 5.35. The predicted octanol–water partition coefficient (Wildman–Crippen LogP) is 2.29. The Morgan fingerprint density at radius 1 is 1.42 bits per heavy atom. The van der Waals surface area contributed by atoms with Gasteiger partial charge in [0, 0.05) is 18.3 Å². The van der Waals surface area contributed by atoms with Crippen molar-refractivity contribution in [1.29, 1.82) is 0 Å². The summed E-state index contributed by atoms with van der Waals surface area (Å²) in [6, 6.07) is 6.62. The van der Waals surface area contributed by atoms with Gasteiger partial charge < -0.3 is 0 Å². The van der Waals surface area contributed by atoms with Gasteiger partial charge in [-0.3, -0.25) is 10.5 Å². The molecular formula is C14H19FN4. The molecule has 1 unspecified atom stereocenters. The highest BCUT2D eigenvalue weighted by Crippen LogP contribution is 2.24. The van der Waals surface area contributed by atoms with Crippen LogP contribution >= 0.6 is 0 Å². The van der Waals surface area contributed by atoms with Crippen molar-refractivity contribution < 1.29 is 4.39 Å². The van der Waals surface area contributed by atoms with E-state index in [1.165, 1.54) is 6.07 Å². The van der Waals surface area contributed by atoms with Crippen molar-refractivity contribution in [3.05, 3.63) is 53.1 Å². The molecule has 102 valence electrons. The Hall–Kier alpha value is -1.72. The van der Waals surface area contributed by atoms with E-state index in [1.807, 2.05) is 23.7 Å². The van der Waals surface area contributed by atoms with Gasteiger partial charge in [0.05, 0.1) is 11.7 Å². The molecule has 1 aromatic carbocycles. The quantitative estimate of drug-likeness (QED) is 0.642. The van der Waals surface area contributed by atoms with E-state index >= 15 is 0 Å². The highest BCUT2D eigenvalue weighted by Gasteiger charge is 2.20. The first-order valence-corrected chi connectivity index (χ1v) is 6.41. The van der Waals surface area contributed by atoms with Crippen molar-refractivity contribution in [3.8, 4) is 0 Å². The van der Waals surface area contributed by atoms with Gasteiger partial charge in [-0.25, -0.2) is 9.82 Å². The summed E-state index contributed by atoms with van der Waals surface area (Å²) >= 11 is 0. The monoisotopic (exact) mass is 262 g/mol. The zero-order chi connectivity index (χ0) is 13.8. The fraction of sp³-hybridized carbons (Fsp3) is 0.357. The van der Waals surface area contributed by atoms with Crippen molar-refractivity contribution in [2.75, 3.05) is 0 Å². The average Bonchev–Trinajstić information content (AvgIpc) is 2.82. The maximum Gasteiger partial charge on any atom is 0.128 e. The minimum Gasteiger partial charge on any atom is -0.271 e. The van der Waals surface area contributed by atoms with Crippen LogP contribution in [0.3, 0.4) is 0 Å². The number of aromatic nitrogens is 2. The number of nitrogens with one attached hydrogen (secondary N) is 1. The topological polar surface area (TPSA) is 55.9 Å². The number of halogens is 1. The maximum atomic E-state index is 14.1. The number of hydrogen-bond donors (Lipinski definition) is 2. The molecule has 1 heterocycles. The second-order valence-corrected chi connectivity index (χ2v) is 4.60. The number of aryl methyl sites for hydroxylation is 2. The summed E-state index contributed by atoms with van der Waals surface area (Å²) in [5.41, 5.74) is 4.97. The molecule has 0 saturated carbocycles. The van der Waals surface area contributed by atoms with E-state index in [0.29, 0.717) is 5.56 Å². The van der Waals surface area contributed by atoms with Crippen molar-refractivity contribution in [3.63, 3.8) is 0 Å². The third-order valence-electron chi connectivity index (χ3n) is 3.11. The van der Waals surface area contributed by atoms with E-state index in [9.17, 15) is 4.39 Å². The number of nitrogens with zero attached hydrogens (tertiary/aromatic N) is 2. The summed E-state index contributed by atoms with van der Waals surface area (Å²) in [5, 5.41) is 4.25. The molecule has 3 N–H and O–H groups in total. The second-order valence-electron chi connectivity index (χ2n) is 4.60. The molecule has 0 aliphatic heterocycles. The lowest BCUT2D eigenvalue weighted by molar-refractivity contribution is 0.502. The van der Waals surface area contributed by atoms with Crippen LogP contribution in [0.15, 0.2) is 30.5 Å². The van der Waals surface area contributed by atoms with E-state index in [0.717, 1.165) is 24.2 Å². The molecule has 0 aliphatic carbocycles. The van der Waals surface area contributed by atoms with Crippen LogP contribution in [0.5, 0.6) is 0 Å². The molecule has 5 heteroatoms. The zero-order valence-corrected chi connectivity index (χ0v) is 11.2. The molecule has 0 radical (unpaired) electrons. The third kappa shape index (κ3) is 2.83. The van der Waals surface area contributed by atoms with Crippen LogP contribution in [0.2, 0.25) is 0 Å². The van der Waals surface area contributed by atoms with Gasteiger partial charge in [0.25, 0.3) is 0 Å². The standard InChI is InChI=1S/C14H19FN4/c1-3-8-19-13(6-7-17-19)14(18-16)11-5-4-10(2)9-12(11)15/h4-7,9,14,18H,3,8,16H2,1-2H3. The first-order chi connectivity index (χ1) is 9.17. The predicted molar refractivity (Wildman–Crippen MR) is 72.8 cm³/mol. The average molecular weight is 262 g/mol. The number of rotatable bonds is 5. The highest BCUT2D eigenvalue weighted by molar-refractivity contribution is 5.31. The lowest BCUT2D eigenvalue weighted by Gasteiger charge is -2.19. The molecule has 0 spiro atoms. The van der Waals surface area contributed by atoms with Gasteiger partial charge in [-0.1, -0.05) is 19.1 Å². The van der Waals surface area contributed by atoms with Gasteiger partial charge in [-0.05, 0) is 31.0 Å². The fourth-order valence-corrected chi connectivity index (χ4v) is 2.19. The molecule has 19 heavy (non-hydrogen) atoms. The number of benzene rings is 1. The molecule has 2 rings (SSSR count). The Morgan fingerprint density at radius 3 is 2.84 bits per heavy atom. The van der Waals surface area contributed by atoms with Crippen LogP contribution in [-0.4, -0.2) is 9.78 Å². The van der Waals surface area contributed by atoms with Crippen molar-refractivity contribution in [1.82, 2.24) is 15.2 Å².